The summed E-state index contributed by atoms with van der Waals surface area (Å²) in [5.41, 5.74) is 5.38. The summed E-state index contributed by atoms with van der Waals surface area (Å²) in [6, 6.07) is 21.5. The summed E-state index contributed by atoms with van der Waals surface area (Å²) in [5, 5.41) is 3.83. The predicted octanol–water partition coefficient (Wildman–Crippen LogP) is 5.70. The highest BCUT2D eigenvalue weighted by Gasteiger charge is 2.20. The third-order valence-corrected chi connectivity index (χ3v) is 5.73. The molecule has 0 amide bonds. The van der Waals surface area contributed by atoms with Crippen LogP contribution in [0.4, 0.5) is 0 Å². The fraction of sp³-hybridized carbons (Fsp3) is 0.241. The second-order valence-corrected chi connectivity index (χ2v) is 7.99. The van der Waals surface area contributed by atoms with Crippen molar-refractivity contribution >= 4 is 17.0 Å². The van der Waals surface area contributed by atoms with Crippen molar-refractivity contribution < 1.29 is 18.8 Å². The number of fused-ring (bicyclic) bond motifs is 1. The fourth-order valence-corrected chi connectivity index (χ4v) is 4.18. The van der Waals surface area contributed by atoms with E-state index in [9.17, 15) is 9.59 Å². The summed E-state index contributed by atoms with van der Waals surface area (Å²) in [6.07, 6.45) is 0. The zero-order chi connectivity index (χ0) is 27.1. The van der Waals surface area contributed by atoms with Crippen molar-refractivity contribution in [3.63, 3.8) is 0 Å². The summed E-state index contributed by atoms with van der Waals surface area (Å²) >= 11 is 0. The number of ether oxygens (including phenoxy) is 2. The molecule has 0 atom stereocenters. The van der Waals surface area contributed by atoms with Crippen molar-refractivity contribution in [2.75, 3.05) is 13.2 Å². The van der Waals surface area contributed by atoms with E-state index in [0.717, 1.165) is 22.3 Å². The summed E-state index contributed by atoms with van der Waals surface area (Å²) in [6.45, 7) is 8.84. The van der Waals surface area contributed by atoms with Crippen molar-refractivity contribution in [2.45, 2.75) is 34.2 Å². The average molecular weight is 515 g/mol. The Bertz CT molecular complexity index is 1580. The minimum Gasteiger partial charge on any atom is -0.465 e. The van der Waals surface area contributed by atoms with E-state index in [0.29, 0.717) is 41.6 Å². The van der Waals surface area contributed by atoms with Crippen molar-refractivity contribution in [1.82, 2.24) is 19.7 Å². The van der Waals surface area contributed by atoms with Gasteiger partial charge in [0.2, 0.25) is 0 Å². The standard InChI is InChI=1S/C27H24N4O5.C2H6/c1-3-34-25(32)21-10-7-11-22-23(21)31(26(28-22)35-4-2)16-17-12-14-18(15-13-17)19-8-5-6-9-20(19)24-29-27(33)36-30-24;1-2/h5-15H,3-4,16H2,1-2H3,(H,29,30,33);1-2H3. The number of rotatable bonds is 8. The van der Waals surface area contributed by atoms with Crippen LogP contribution in [0.15, 0.2) is 76.0 Å². The number of hydrogen-bond donors (Lipinski definition) is 1. The number of para-hydroxylation sites is 1. The highest BCUT2D eigenvalue weighted by molar-refractivity contribution is 6.02. The van der Waals surface area contributed by atoms with Crippen LogP contribution >= 0.6 is 0 Å². The molecule has 9 nitrogen and oxygen atoms in total. The number of benzene rings is 3. The minimum atomic E-state index is -0.602. The number of aromatic nitrogens is 4. The molecule has 196 valence electrons. The Labute approximate surface area is 220 Å². The molecule has 0 aliphatic carbocycles. The summed E-state index contributed by atoms with van der Waals surface area (Å²) in [4.78, 5) is 31.3. The van der Waals surface area contributed by atoms with Crippen LogP contribution in [-0.2, 0) is 11.3 Å². The number of nitrogens with one attached hydrogen (secondary N) is 1. The molecule has 0 bridgehead atoms. The Morgan fingerprint density at radius 1 is 0.947 bits per heavy atom. The molecule has 1 N–H and O–H groups in total. The van der Waals surface area contributed by atoms with Gasteiger partial charge >= 0.3 is 11.7 Å². The third-order valence-electron chi connectivity index (χ3n) is 5.73. The Balaban J connectivity index is 0.00000164. The predicted molar refractivity (Wildman–Crippen MR) is 145 cm³/mol. The van der Waals surface area contributed by atoms with Crippen LogP contribution in [0.25, 0.3) is 33.5 Å². The van der Waals surface area contributed by atoms with Crippen molar-refractivity contribution in [1.29, 1.82) is 0 Å². The van der Waals surface area contributed by atoms with Crippen molar-refractivity contribution in [3.8, 4) is 28.5 Å². The molecule has 2 aromatic heterocycles. The molecule has 0 saturated carbocycles. The van der Waals surface area contributed by atoms with Gasteiger partial charge in [-0.2, -0.15) is 4.98 Å². The lowest BCUT2D eigenvalue weighted by molar-refractivity contribution is 0.0528. The number of aromatic amines is 1. The highest BCUT2D eigenvalue weighted by atomic mass is 16.5. The second-order valence-electron chi connectivity index (χ2n) is 7.99. The number of hydrogen-bond acceptors (Lipinski definition) is 7. The first-order valence-electron chi connectivity index (χ1n) is 12.6. The largest absolute Gasteiger partial charge is 0.465 e. The number of H-pyrrole nitrogens is 1. The van der Waals surface area contributed by atoms with E-state index in [1.165, 1.54) is 0 Å². The highest BCUT2D eigenvalue weighted by Crippen LogP contribution is 2.31. The molecular weight excluding hydrogens is 484 g/mol. The summed E-state index contributed by atoms with van der Waals surface area (Å²) in [7, 11) is 0. The van der Waals surface area contributed by atoms with E-state index in [1.54, 1.807) is 19.1 Å². The van der Waals surface area contributed by atoms with Gasteiger partial charge in [-0.25, -0.2) is 9.59 Å². The molecule has 0 saturated heterocycles. The Kier molecular flexibility index (Phi) is 8.37. The lowest BCUT2D eigenvalue weighted by Gasteiger charge is -2.12. The van der Waals surface area contributed by atoms with E-state index < -0.39 is 11.7 Å². The quantitative estimate of drug-likeness (QED) is 0.264. The van der Waals surface area contributed by atoms with Gasteiger partial charge in [0.1, 0.15) is 0 Å². The first kappa shape index (κ1) is 26.4. The Morgan fingerprint density at radius 3 is 2.34 bits per heavy atom. The van der Waals surface area contributed by atoms with E-state index in [4.69, 9.17) is 9.47 Å². The van der Waals surface area contributed by atoms with Crippen molar-refractivity contribution in [2.24, 2.45) is 0 Å². The molecule has 5 rings (SSSR count). The van der Waals surface area contributed by atoms with Crippen LogP contribution in [0.2, 0.25) is 0 Å². The van der Waals surface area contributed by atoms with Crippen LogP contribution in [0.5, 0.6) is 6.01 Å². The van der Waals surface area contributed by atoms with E-state index in [1.807, 2.05) is 79.9 Å². The molecule has 0 radical (unpaired) electrons. The van der Waals surface area contributed by atoms with Crippen molar-refractivity contribution in [3.05, 3.63) is 88.4 Å². The maximum Gasteiger partial charge on any atom is 0.439 e. The maximum absolute atomic E-state index is 12.6. The third kappa shape index (κ3) is 5.36. The topological polar surface area (TPSA) is 112 Å². The van der Waals surface area contributed by atoms with Gasteiger partial charge in [0.15, 0.2) is 5.82 Å². The minimum absolute atomic E-state index is 0.285. The first-order chi connectivity index (χ1) is 18.6. The SMILES string of the molecule is CC.CCOC(=O)c1cccc2nc(OCC)n(Cc3ccc(-c4ccccc4-c4noc(=O)[nH]4)cc3)c12. The van der Waals surface area contributed by atoms with Gasteiger partial charge in [0.25, 0.3) is 6.01 Å². The molecule has 2 heterocycles. The number of esters is 1. The molecule has 3 aromatic carbocycles. The zero-order valence-electron chi connectivity index (χ0n) is 21.9. The first-order valence-corrected chi connectivity index (χ1v) is 12.6. The average Bonchev–Trinajstić information content (AvgIpc) is 3.54. The van der Waals surface area contributed by atoms with Crippen LogP contribution in [0, 0.1) is 0 Å². The van der Waals surface area contributed by atoms with Gasteiger partial charge in [0, 0.05) is 5.56 Å². The van der Waals surface area contributed by atoms with E-state index in [2.05, 4.69) is 19.6 Å². The van der Waals surface area contributed by atoms with Gasteiger partial charge in [-0.05, 0) is 42.7 Å². The number of carbonyl (C=O) groups excluding carboxylic acids is 1. The van der Waals surface area contributed by atoms with Gasteiger partial charge in [0.05, 0.1) is 36.4 Å². The van der Waals surface area contributed by atoms with E-state index in [-0.39, 0.29) is 6.61 Å². The van der Waals surface area contributed by atoms with Crippen LogP contribution < -0.4 is 10.5 Å². The smallest absolute Gasteiger partial charge is 0.439 e. The molecular formula is C29H30N4O5. The number of nitrogens with zero attached hydrogens (tertiary/aromatic N) is 3. The molecule has 0 spiro atoms. The monoisotopic (exact) mass is 514 g/mol. The molecule has 0 aliphatic rings. The number of carbonyl (C=O) groups is 1. The lowest BCUT2D eigenvalue weighted by atomic mass is 9.98. The van der Waals surface area contributed by atoms with Crippen LogP contribution in [-0.4, -0.2) is 38.9 Å². The summed E-state index contributed by atoms with van der Waals surface area (Å²) < 4.78 is 17.7. The number of imidazole rings is 1. The maximum atomic E-state index is 12.6. The van der Waals surface area contributed by atoms with Gasteiger partial charge in [-0.1, -0.05) is 73.6 Å². The van der Waals surface area contributed by atoms with Crippen LogP contribution in [0.3, 0.4) is 0 Å². The van der Waals surface area contributed by atoms with E-state index >= 15 is 0 Å². The molecule has 9 heteroatoms. The van der Waals surface area contributed by atoms with Gasteiger partial charge in [-0.3, -0.25) is 14.1 Å². The van der Waals surface area contributed by atoms with Gasteiger partial charge < -0.3 is 9.47 Å². The molecule has 0 unspecified atom stereocenters. The van der Waals surface area contributed by atoms with Gasteiger partial charge in [-0.15, -0.1) is 0 Å². The fourth-order valence-electron chi connectivity index (χ4n) is 4.18. The summed E-state index contributed by atoms with van der Waals surface area (Å²) in [5.74, 6) is -0.627. The Morgan fingerprint density at radius 2 is 1.68 bits per heavy atom. The normalized spacial score (nSPS) is 10.6. The second kappa shape index (κ2) is 12.1. The molecule has 0 aliphatic heterocycles. The lowest BCUT2D eigenvalue weighted by Crippen LogP contribution is -2.10. The zero-order valence-corrected chi connectivity index (χ0v) is 21.9. The van der Waals surface area contributed by atoms with Crippen LogP contribution in [0.1, 0.15) is 43.6 Å². The molecule has 5 aromatic rings. The molecule has 38 heavy (non-hydrogen) atoms. The Hall–Kier alpha value is -4.66. The molecule has 0 fully saturated rings.